The zero-order chi connectivity index (χ0) is 14.7. The molecule has 0 spiro atoms. The molecule has 0 saturated carbocycles. The first-order valence-electron chi connectivity index (χ1n) is 5.96. The van der Waals surface area contributed by atoms with Crippen LogP contribution in [0, 0.1) is 6.92 Å². The van der Waals surface area contributed by atoms with Crippen molar-refractivity contribution in [3.05, 3.63) is 52.0 Å². The Balaban J connectivity index is 2.23. The van der Waals surface area contributed by atoms with Gasteiger partial charge in [0.25, 0.3) is 5.91 Å². The van der Waals surface area contributed by atoms with Crippen LogP contribution in [-0.2, 0) is 0 Å². The highest BCUT2D eigenvalue weighted by Crippen LogP contribution is 2.29. The van der Waals surface area contributed by atoms with Gasteiger partial charge in [-0.25, -0.2) is 0 Å². The number of carbonyl (C=O) groups excluding carboxylic acids is 1. The fourth-order valence-electron chi connectivity index (χ4n) is 1.78. The SMILES string of the molecule is COc1ccc(NC(=O)c2cc(C)ccc2Br)cc1O. The van der Waals surface area contributed by atoms with Gasteiger partial charge in [-0.05, 0) is 47.1 Å². The van der Waals surface area contributed by atoms with Gasteiger partial charge in [0.15, 0.2) is 11.5 Å². The number of benzene rings is 2. The molecule has 5 heteroatoms. The second-order valence-corrected chi connectivity index (χ2v) is 5.18. The van der Waals surface area contributed by atoms with Crippen LogP contribution in [0.4, 0.5) is 5.69 Å². The summed E-state index contributed by atoms with van der Waals surface area (Å²) < 4.78 is 5.67. The smallest absolute Gasteiger partial charge is 0.256 e. The molecule has 0 aromatic heterocycles. The Labute approximate surface area is 125 Å². The number of phenols is 1. The van der Waals surface area contributed by atoms with E-state index in [0.29, 0.717) is 17.0 Å². The van der Waals surface area contributed by atoms with Crippen LogP contribution in [0.25, 0.3) is 0 Å². The van der Waals surface area contributed by atoms with Crippen molar-refractivity contribution < 1.29 is 14.6 Å². The number of halogens is 1. The largest absolute Gasteiger partial charge is 0.504 e. The number of ether oxygens (including phenoxy) is 1. The van der Waals surface area contributed by atoms with Crippen LogP contribution in [0.1, 0.15) is 15.9 Å². The van der Waals surface area contributed by atoms with Gasteiger partial charge in [0.05, 0.1) is 12.7 Å². The Morgan fingerprint density at radius 1 is 1.25 bits per heavy atom. The van der Waals surface area contributed by atoms with Crippen molar-refractivity contribution in [1.29, 1.82) is 0 Å². The molecule has 0 heterocycles. The van der Waals surface area contributed by atoms with E-state index in [1.54, 1.807) is 18.2 Å². The van der Waals surface area contributed by atoms with Gasteiger partial charge < -0.3 is 15.2 Å². The summed E-state index contributed by atoms with van der Waals surface area (Å²) in [6.07, 6.45) is 0. The third-order valence-corrected chi connectivity index (χ3v) is 3.49. The number of hydrogen-bond acceptors (Lipinski definition) is 3. The predicted molar refractivity (Wildman–Crippen MR) is 81.5 cm³/mol. The lowest BCUT2D eigenvalue weighted by Crippen LogP contribution is -2.12. The Morgan fingerprint density at radius 3 is 2.65 bits per heavy atom. The Hall–Kier alpha value is -2.01. The van der Waals surface area contributed by atoms with Gasteiger partial charge in [0.2, 0.25) is 0 Å². The van der Waals surface area contributed by atoms with Gasteiger partial charge in [0.1, 0.15) is 0 Å². The average molecular weight is 336 g/mol. The Morgan fingerprint density at radius 2 is 2.00 bits per heavy atom. The summed E-state index contributed by atoms with van der Waals surface area (Å²) in [5.41, 5.74) is 2.04. The van der Waals surface area contributed by atoms with Gasteiger partial charge in [-0.3, -0.25) is 4.79 Å². The summed E-state index contributed by atoms with van der Waals surface area (Å²) in [5.74, 6) is 0.0958. The number of hydrogen-bond donors (Lipinski definition) is 2. The number of phenolic OH excluding ortho intramolecular Hbond substituents is 1. The van der Waals surface area contributed by atoms with E-state index >= 15 is 0 Å². The highest BCUT2D eigenvalue weighted by atomic mass is 79.9. The van der Waals surface area contributed by atoms with Crippen molar-refractivity contribution in [2.75, 3.05) is 12.4 Å². The summed E-state index contributed by atoms with van der Waals surface area (Å²) in [6.45, 7) is 1.92. The molecule has 2 aromatic rings. The maximum absolute atomic E-state index is 12.2. The molecule has 0 atom stereocenters. The number of nitrogens with one attached hydrogen (secondary N) is 1. The van der Waals surface area contributed by atoms with E-state index in [1.165, 1.54) is 13.2 Å². The van der Waals surface area contributed by atoms with Gasteiger partial charge in [-0.2, -0.15) is 0 Å². The third-order valence-electron chi connectivity index (χ3n) is 2.80. The molecule has 2 rings (SSSR count). The second-order valence-electron chi connectivity index (χ2n) is 4.32. The quantitative estimate of drug-likeness (QED) is 0.898. The molecule has 0 aliphatic heterocycles. The average Bonchev–Trinajstić information content (AvgIpc) is 2.41. The van der Waals surface area contributed by atoms with Gasteiger partial charge in [-0.15, -0.1) is 0 Å². The number of aryl methyl sites for hydroxylation is 1. The van der Waals surface area contributed by atoms with Crippen molar-refractivity contribution in [1.82, 2.24) is 0 Å². The molecule has 0 aliphatic carbocycles. The highest BCUT2D eigenvalue weighted by molar-refractivity contribution is 9.10. The fourth-order valence-corrected chi connectivity index (χ4v) is 2.21. The number of methoxy groups -OCH3 is 1. The monoisotopic (exact) mass is 335 g/mol. The van der Waals surface area contributed by atoms with E-state index in [9.17, 15) is 9.90 Å². The van der Waals surface area contributed by atoms with Crippen LogP contribution in [0.5, 0.6) is 11.5 Å². The fraction of sp³-hybridized carbons (Fsp3) is 0.133. The topological polar surface area (TPSA) is 58.6 Å². The number of aromatic hydroxyl groups is 1. The van der Waals surface area contributed by atoms with Crippen molar-refractivity contribution in [2.45, 2.75) is 6.92 Å². The Kier molecular flexibility index (Phi) is 4.29. The number of amides is 1. The van der Waals surface area contributed by atoms with E-state index in [4.69, 9.17) is 4.74 Å². The van der Waals surface area contributed by atoms with Crippen LogP contribution < -0.4 is 10.1 Å². The lowest BCUT2D eigenvalue weighted by atomic mass is 10.1. The highest BCUT2D eigenvalue weighted by Gasteiger charge is 2.11. The van der Waals surface area contributed by atoms with Crippen LogP contribution in [-0.4, -0.2) is 18.1 Å². The van der Waals surface area contributed by atoms with Crippen LogP contribution in [0.3, 0.4) is 0 Å². The number of rotatable bonds is 3. The summed E-state index contributed by atoms with van der Waals surface area (Å²) in [6, 6.07) is 10.2. The number of anilines is 1. The van der Waals surface area contributed by atoms with Crippen LogP contribution in [0.15, 0.2) is 40.9 Å². The van der Waals surface area contributed by atoms with E-state index in [2.05, 4.69) is 21.2 Å². The zero-order valence-electron chi connectivity index (χ0n) is 11.1. The van der Waals surface area contributed by atoms with E-state index in [-0.39, 0.29) is 11.7 Å². The molecule has 0 radical (unpaired) electrons. The number of carbonyl (C=O) groups is 1. The third kappa shape index (κ3) is 3.11. The van der Waals surface area contributed by atoms with Gasteiger partial charge in [-0.1, -0.05) is 11.6 Å². The van der Waals surface area contributed by atoms with E-state index < -0.39 is 0 Å². The first-order valence-corrected chi connectivity index (χ1v) is 6.75. The van der Waals surface area contributed by atoms with Gasteiger partial charge in [0, 0.05) is 16.2 Å². The van der Waals surface area contributed by atoms with E-state index in [1.807, 2.05) is 19.1 Å². The summed E-state index contributed by atoms with van der Waals surface area (Å²) in [5, 5.41) is 12.4. The lowest BCUT2D eigenvalue weighted by Gasteiger charge is -2.09. The molecule has 0 saturated heterocycles. The molecular weight excluding hydrogens is 322 g/mol. The molecule has 1 amide bonds. The normalized spacial score (nSPS) is 10.2. The summed E-state index contributed by atoms with van der Waals surface area (Å²) >= 11 is 3.35. The predicted octanol–water partition coefficient (Wildman–Crippen LogP) is 3.72. The minimum Gasteiger partial charge on any atom is -0.504 e. The first-order chi connectivity index (χ1) is 9.51. The summed E-state index contributed by atoms with van der Waals surface area (Å²) in [7, 11) is 1.47. The first kappa shape index (κ1) is 14.4. The van der Waals surface area contributed by atoms with Crippen LogP contribution >= 0.6 is 15.9 Å². The molecule has 0 aliphatic rings. The molecule has 104 valence electrons. The summed E-state index contributed by atoms with van der Waals surface area (Å²) in [4.78, 5) is 12.2. The zero-order valence-corrected chi connectivity index (χ0v) is 12.7. The van der Waals surface area contributed by atoms with Crippen LogP contribution in [0.2, 0.25) is 0 Å². The maximum Gasteiger partial charge on any atom is 0.256 e. The second kappa shape index (κ2) is 5.96. The molecule has 2 N–H and O–H groups in total. The molecule has 0 unspecified atom stereocenters. The van der Waals surface area contributed by atoms with E-state index in [0.717, 1.165) is 10.0 Å². The molecule has 4 nitrogen and oxygen atoms in total. The minimum absolute atomic E-state index is 0.0198. The molecule has 20 heavy (non-hydrogen) atoms. The molecule has 0 bridgehead atoms. The lowest BCUT2D eigenvalue weighted by molar-refractivity contribution is 0.102. The maximum atomic E-state index is 12.2. The van der Waals surface area contributed by atoms with Crippen molar-refractivity contribution in [2.24, 2.45) is 0 Å². The van der Waals surface area contributed by atoms with Crippen molar-refractivity contribution in [3.63, 3.8) is 0 Å². The Bertz CT molecular complexity index is 656. The minimum atomic E-state index is -0.245. The van der Waals surface area contributed by atoms with Crippen molar-refractivity contribution >= 4 is 27.5 Å². The van der Waals surface area contributed by atoms with Gasteiger partial charge >= 0.3 is 0 Å². The molecule has 2 aromatic carbocycles. The van der Waals surface area contributed by atoms with Crippen molar-refractivity contribution in [3.8, 4) is 11.5 Å². The molecular formula is C15H14BrNO3. The standard InChI is InChI=1S/C15H14BrNO3/c1-9-3-5-12(16)11(7-9)15(19)17-10-4-6-14(20-2)13(18)8-10/h3-8,18H,1-2H3,(H,17,19). The molecule has 0 fully saturated rings.